The van der Waals surface area contributed by atoms with Gasteiger partial charge in [-0.2, -0.15) is 0 Å². The molecule has 2 aliphatic heterocycles. The van der Waals surface area contributed by atoms with Crippen LogP contribution in [-0.2, 0) is 19.1 Å². The molecule has 4 rings (SSSR count). The quantitative estimate of drug-likeness (QED) is 0.199. The van der Waals surface area contributed by atoms with Crippen molar-refractivity contribution in [2.75, 3.05) is 32.8 Å². The zero-order valence-electron chi connectivity index (χ0n) is 21.1. The normalized spacial score (nSPS) is 17.8. The van der Waals surface area contributed by atoms with E-state index in [2.05, 4.69) is 10.6 Å². The maximum Gasteiger partial charge on any atom is 0.251 e. The lowest BCUT2D eigenvalue weighted by Crippen LogP contribution is -2.49. The van der Waals surface area contributed by atoms with E-state index in [1.807, 2.05) is 30.3 Å². The molecule has 3 amide bonds. The molecule has 2 aromatic rings. The van der Waals surface area contributed by atoms with Crippen molar-refractivity contribution in [2.24, 2.45) is 5.73 Å². The number of carbonyl (C=O) groups excluding carboxylic acids is 3. The number of likely N-dealkylation sites (tertiary alicyclic amines) is 1. The van der Waals surface area contributed by atoms with Crippen LogP contribution in [0.2, 0.25) is 0 Å². The monoisotopic (exact) mass is 523 g/mol. The highest BCUT2D eigenvalue weighted by Gasteiger charge is 2.52. The predicted octanol–water partition coefficient (Wildman–Crippen LogP) is 1.78. The molecule has 11 heteroatoms. The number of nitrogens with zero attached hydrogens (tertiary/aromatic N) is 1. The molecular weight excluding hydrogens is 490 g/mol. The Labute approximate surface area is 221 Å². The van der Waals surface area contributed by atoms with Crippen molar-refractivity contribution in [3.63, 3.8) is 0 Å². The molecule has 2 saturated heterocycles. The van der Waals surface area contributed by atoms with Gasteiger partial charge in [0.05, 0.1) is 32.1 Å². The van der Waals surface area contributed by atoms with E-state index in [1.54, 1.807) is 24.3 Å². The fourth-order valence-electron chi connectivity index (χ4n) is 4.47. The van der Waals surface area contributed by atoms with E-state index in [0.29, 0.717) is 56.1 Å². The molecule has 0 saturated carbocycles. The summed E-state index contributed by atoms with van der Waals surface area (Å²) in [7, 11) is 0. The molecule has 1 spiro atoms. The lowest BCUT2D eigenvalue weighted by molar-refractivity contribution is -0.152. The summed E-state index contributed by atoms with van der Waals surface area (Å²) in [5, 5.41) is 12.8. The van der Waals surface area contributed by atoms with Gasteiger partial charge in [-0.05, 0) is 49.2 Å². The number of nitrogens with one attached hydrogen (secondary N) is 3. The lowest BCUT2D eigenvalue weighted by atomic mass is 10.1. The number of ether oxygens (including phenoxy) is 3. The molecule has 0 aliphatic carbocycles. The molecule has 1 unspecified atom stereocenters. The summed E-state index contributed by atoms with van der Waals surface area (Å²) in [4.78, 5) is 40.1. The summed E-state index contributed by atoms with van der Waals surface area (Å²) in [6.45, 7) is 1.01. The number of nitrogens with two attached hydrogens (primary N) is 1. The largest absolute Gasteiger partial charge is 0.457 e. The van der Waals surface area contributed by atoms with Gasteiger partial charge in [-0.1, -0.05) is 18.2 Å². The van der Waals surface area contributed by atoms with Gasteiger partial charge >= 0.3 is 0 Å². The fourth-order valence-corrected chi connectivity index (χ4v) is 4.47. The summed E-state index contributed by atoms with van der Waals surface area (Å²) in [6.07, 6.45) is 2.03. The van der Waals surface area contributed by atoms with Crippen LogP contribution >= 0.6 is 0 Å². The second-order valence-corrected chi connectivity index (χ2v) is 9.24. The van der Waals surface area contributed by atoms with E-state index >= 15 is 0 Å². The zero-order chi connectivity index (χ0) is 27.0. The van der Waals surface area contributed by atoms with Gasteiger partial charge in [-0.25, -0.2) is 0 Å². The molecule has 0 aromatic heterocycles. The van der Waals surface area contributed by atoms with Crippen LogP contribution in [0.4, 0.5) is 0 Å². The number of unbranched alkanes of at least 4 members (excludes halogenated alkanes) is 1. The molecule has 11 nitrogen and oxygen atoms in total. The lowest BCUT2D eigenvalue weighted by Gasteiger charge is -2.24. The molecule has 2 aromatic carbocycles. The summed E-state index contributed by atoms with van der Waals surface area (Å²) < 4.78 is 17.2. The second kappa shape index (κ2) is 12.5. The zero-order valence-corrected chi connectivity index (χ0v) is 21.1. The van der Waals surface area contributed by atoms with Crippen LogP contribution in [-0.4, -0.2) is 73.1 Å². The molecule has 0 radical (unpaired) electrons. The van der Waals surface area contributed by atoms with Crippen molar-refractivity contribution >= 4 is 23.6 Å². The first-order chi connectivity index (χ1) is 18.3. The molecule has 0 bridgehead atoms. The number of amides is 3. The SMILES string of the molecule is N=C(N)CCCCNC(=O)C1CC2(CN1C(=O)CNC(=O)c1ccc(Oc3ccccc3)cc1)OCCO2. The standard InChI is InChI=1S/C27H33N5O6/c28-23(29)8-4-5-13-30-26(35)22-16-27(36-14-15-37-27)18-32(22)24(33)17-31-25(34)19-9-11-21(12-10-19)38-20-6-2-1-3-7-20/h1-3,6-7,9-12,22H,4-5,8,13-18H2,(H3,28,29)(H,30,35)(H,31,34). The van der Waals surface area contributed by atoms with Crippen LogP contribution in [0.3, 0.4) is 0 Å². The highest BCUT2D eigenvalue weighted by atomic mass is 16.7. The maximum absolute atomic E-state index is 13.1. The molecule has 202 valence electrons. The summed E-state index contributed by atoms with van der Waals surface area (Å²) >= 11 is 0. The molecule has 1 atom stereocenters. The van der Waals surface area contributed by atoms with Crippen molar-refractivity contribution in [1.29, 1.82) is 5.41 Å². The van der Waals surface area contributed by atoms with Crippen LogP contribution in [0.25, 0.3) is 0 Å². The third-order valence-corrected chi connectivity index (χ3v) is 6.40. The Morgan fingerprint density at radius 3 is 2.37 bits per heavy atom. The number of benzene rings is 2. The van der Waals surface area contributed by atoms with Crippen LogP contribution in [0, 0.1) is 5.41 Å². The second-order valence-electron chi connectivity index (χ2n) is 9.24. The number of carbonyl (C=O) groups is 3. The molecule has 5 N–H and O–H groups in total. The number of rotatable bonds is 11. The first kappa shape index (κ1) is 27.1. The third kappa shape index (κ3) is 7.08. The summed E-state index contributed by atoms with van der Waals surface area (Å²) in [5.41, 5.74) is 5.74. The van der Waals surface area contributed by atoms with Gasteiger partial charge in [0.2, 0.25) is 11.8 Å². The van der Waals surface area contributed by atoms with Gasteiger partial charge in [0.1, 0.15) is 17.5 Å². The minimum Gasteiger partial charge on any atom is -0.457 e. The Hall–Kier alpha value is -3.96. The van der Waals surface area contributed by atoms with Crippen LogP contribution < -0.4 is 21.1 Å². The van der Waals surface area contributed by atoms with Gasteiger partial charge in [0, 0.05) is 24.9 Å². The Morgan fingerprint density at radius 1 is 1.00 bits per heavy atom. The van der Waals surface area contributed by atoms with Crippen LogP contribution in [0.15, 0.2) is 54.6 Å². The van der Waals surface area contributed by atoms with Gasteiger partial charge in [-0.15, -0.1) is 0 Å². The average Bonchev–Trinajstić information content (AvgIpc) is 3.54. The molecule has 2 fully saturated rings. The molecule has 2 heterocycles. The minimum atomic E-state index is -1.01. The third-order valence-electron chi connectivity index (χ3n) is 6.40. The number of para-hydroxylation sites is 1. The first-order valence-electron chi connectivity index (χ1n) is 12.6. The fraction of sp³-hybridized carbons (Fsp3) is 0.407. The smallest absolute Gasteiger partial charge is 0.251 e. The highest BCUT2D eigenvalue weighted by molar-refractivity contribution is 5.97. The minimum absolute atomic E-state index is 0.107. The number of hydrogen-bond acceptors (Lipinski definition) is 7. The van der Waals surface area contributed by atoms with Gasteiger partial charge < -0.3 is 35.5 Å². The Morgan fingerprint density at radius 2 is 1.68 bits per heavy atom. The van der Waals surface area contributed by atoms with E-state index in [0.717, 1.165) is 0 Å². The Bertz CT molecular complexity index is 1130. The van der Waals surface area contributed by atoms with Gasteiger partial charge in [0.25, 0.3) is 5.91 Å². The van der Waals surface area contributed by atoms with Crippen molar-refractivity contribution in [3.8, 4) is 11.5 Å². The summed E-state index contributed by atoms with van der Waals surface area (Å²) in [6, 6.07) is 15.1. The van der Waals surface area contributed by atoms with E-state index in [9.17, 15) is 14.4 Å². The van der Waals surface area contributed by atoms with Gasteiger partial charge in [-0.3, -0.25) is 19.8 Å². The van der Waals surface area contributed by atoms with Crippen molar-refractivity contribution in [1.82, 2.24) is 15.5 Å². The predicted molar refractivity (Wildman–Crippen MR) is 139 cm³/mol. The number of hydrogen-bond donors (Lipinski definition) is 4. The Balaban J connectivity index is 1.31. The molecule has 2 aliphatic rings. The van der Waals surface area contributed by atoms with Crippen molar-refractivity contribution in [3.05, 3.63) is 60.2 Å². The van der Waals surface area contributed by atoms with E-state index in [4.69, 9.17) is 25.4 Å². The molecule has 38 heavy (non-hydrogen) atoms. The number of amidine groups is 1. The van der Waals surface area contributed by atoms with Gasteiger partial charge in [0.15, 0.2) is 5.79 Å². The topological polar surface area (TPSA) is 156 Å². The first-order valence-corrected chi connectivity index (χ1v) is 12.6. The van der Waals surface area contributed by atoms with E-state index in [1.165, 1.54) is 4.90 Å². The van der Waals surface area contributed by atoms with Crippen LogP contribution in [0.5, 0.6) is 11.5 Å². The van der Waals surface area contributed by atoms with Crippen LogP contribution in [0.1, 0.15) is 36.0 Å². The van der Waals surface area contributed by atoms with E-state index in [-0.39, 0.29) is 31.3 Å². The molecular formula is C27H33N5O6. The van der Waals surface area contributed by atoms with Crippen molar-refractivity contribution < 1.29 is 28.6 Å². The highest BCUT2D eigenvalue weighted by Crippen LogP contribution is 2.34. The average molecular weight is 524 g/mol. The maximum atomic E-state index is 13.1. The van der Waals surface area contributed by atoms with Crippen molar-refractivity contribution in [2.45, 2.75) is 37.5 Å². The summed E-state index contributed by atoms with van der Waals surface area (Å²) in [5.74, 6) is -0.766. The van der Waals surface area contributed by atoms with E-state index < -0.39 is 23.6 Å². The Kier molecular flexibility index (Phi) is 8.93.